The van der Waals surface area contributed by atoms with Gasteiger partial charge in [-0.05, 0) is 76.7 Å². The minimum absolute atomic E-state index is 0.688. The molecule has 2 aliphatic heterocycles. The van der Waals surface area contributed by atoms with Crippen LogP contribution in [0.3, 0.4) is 0 Å². The van der Waals surface area contributed by atoms with Crippen molar-refractivity contribution in [1.29, 1.82) is 0 Å². The fraction of sp³-hybridized carbons (Fsp3) is 0.933. The number of hydrogen-bond acceptors (Lipinski definition) is 2. The van der Waals surface area contributed by atoms with Gasteiger partial charge in [0.1, 0.15) is 0 Å². The van der Waals surface area contributed by atoms with Gasteiger partial charge in [0, 0.05) is 25.2 Å². The molecule has 0 radical (unpaired) electrons. The fourth-order valence-corrected chi connectivity index (χ4v) is 3.80. The number of hydrogen-bond donors (Lipinski definition) is 1. The molecule has 19 heavy (non-hydrogen) atoms. The van der Waals surface area contributed by atoms with Crippen molar-refractivity contribution in [2.75, 3.05) is 26.2 Å². The van der Waals surface area contributed by atoms with Gasteiger partial charge in [0.15, 0.2) is 5.11 Å². The van der Waals surface area contributed by atoms with Crippen LogP contribution in [0, 0.1) is 0 Å². The van der Waals surface area contributed by atoms with E-state index < -0.39 is 0 Å². The first kappa shape index (κ1) is 13.6. The second-order valence-corrected chi connectivity index (χ2v) is 6.79. The number of rotatable bonds is 4. The lowest BCUT2D eigenvalue weighted by molar-refractivity contribution is 0.202. The summed E-state index contributed by atoms with van der Waals surface area (Å²) in [5.74, 6) is 0. The van der Waals surface area contributed by atoms with Crippen molar-refractivity contribution in [2.45, 2.75) is 63.5 Å². The third-order valence-corrected chi connectivity index (χ3v) is 5.12. The molecule has 1 aliphatic carbocycles. The Balaban J connectivity index is 1.48. The van der Waals surface area contributed by atoms with E-state index in [-0.39, 0.29) is 0 Å². The summed E-state index contributed by atoms with van der Waals surface area (Å²) in [6.07, 6.45) is 10.7. The van der Waals surface area contributed by atoms with E-state index in [0.717, 1.165) is 5.11 Å². The predicted octanol–water partition coefficient (Wildman–Crippen LogP) is 2.36. The van der Waals surface area contributed by atoms with Crippen LogP contribution < -0.4 is 5.32 Å². The van der Waals surface area contributed by atoms with Gasteiger partial charge in [0.2, 0.25) is 0 Å². The lowest BCUT2D eigenvalue weighted by Crippen LogP contribution is -2.49. The Morgan fingerprint density at radius 1 is 1.00 bits per heavy atom. The summed E-state index contributed by atoms with van der Waals surface area (Å²) in [4.78, 5) is 5.12. The van der Waals surface area contributed by atoms with Crippen molar-refractivity contribution in [1.82, 2.24) is 15.1 Å². The number of piperidine rings is 1. The number of nitrogens with zero attached hydrogens (tertiary/aromatic N) is 2. The van der Waals surface area contributed by atoms with Crippen LogP contribution in [-0.4, -0.2) is 53.2 Å². The van der Waals surface area contributed by atoms with Crippen LogP contribution >= 0.6 is 12.2 Å². The summed E-state index contributed by atoms with van der Waals surface area (Å²) in [5, 5.41) is 4.56. The van der Waals surface area contributed by atoms with Gasteiger partial charge in [0.25, 0.3) is 0 Å². The summed E-state index contributed by atoms with van der Waals surface area (Å²) < 4.78 is 0. The first-order valence-electron chi connectivity index (χ1n) is 8.12. The third kappa shape index (κ3) is 3.82. The van der Waals surface area contributed by atoms with Crippen LogP contribution in [0.25, 0.3) is 0 Å². The van der Waals surface area contributed by atoms with Gasteiger partial charge in [-0.15, -0.1) is 0 Å². The molecule has 3 rings (SSSR count). The van der Waals surface area contributed by atoms with Gasteiger partial charge in [-0.1, -0.05) is 0 Å². The van der Waals surface area contributed by atoms with E-state index in [1.165, 1.54) is 77.5 Å². The van der Waals surface area contributed by atoms with Crippen LogP contribution in [0.1, 0.15) is 51.4 Å². The maximum atomic E-state index is 5.62. The predicted molar refractivity (Wildman–Crippen MR) is 83.4 cm³/mol. The molecule has 0 aromatic carbocycles. The first-order valence-corrected chi connectivity index (χ1v) is 8.53. The summed E-state index contributed by atoms with van der Waals surface area (Å²) in [6.45, 7) is 5.07. The minimum atomic E-state index is 0.688. The average Bonchev–Trinajstić information content (AvgIpc) is 3.09. The standard InChI is InChI=1S/C15H27N3S/c19-15(16-13-6-7-13)18-11-2-1-5-14(18)8-12-17-9-3-4-10-17/h13-14H,1-12H2,(H,16,19). The molecular weight excluding hydrogens is 254 g/mol. The molecule has 108 valence electrons. The smallest absolute Gasteiger partial charge is 0.169 e. The van der Waals surface area contributed by atoms with Crippen LogP contribution in [0.4, 0.5) is 0 Å². The van der Waals surface area contributed by atoms with E-state index >= 15 is 0 Å². The third-order valence-electron chi connectivity index (χ3n) is 4.77. The highest BCUT2D eigenvalue weighted by molar-refractivity contribution is 7.80. The molecule has 0 amide bonds. The Kier molecular flexibility index (Phi) is 4.59. The zero-order valence-electron chi connectivity index (χ0n) is 11.9. The van der Waals surface area contributed by atoms with Crippen LogP contribution in [-0.2, 0) is 0 Å². The van der Waals surface area contributed by atoms with Gasteiger partial charge in [-0.25, -0.2) is 0 Å². The van der Waals surface area contributed by atoms with E-state index in [2.05, 4.69) is 15.1 Å². The monoisotopic (exact) mass is 281 g/mol. The Morgan fingerprint density at radius 3 is 2.47 bits per heavy atom. The number of likely N-dealkylation sites (tertiary alicyclic amines) is 2. The Labute approximate surface area is 122 Å². The van der Waals surface area contributed by atoms with Crippen molar-refractivity contribution in [2.24, 2.45) is 0 Å². The minimum Gasteiger partial charge on any atom is -0.360 e. The van der Waals surface area contributed by atoms with E-state index in [1.807, 2.05) is 0 Å². The van der Waals surface area contributed by atoms with Crippen molar-refractivity contribution in [3.8, 4) is 0 Å². The molecule has 1 saturated carbocycles. The van der Waals surface area contributed by atoms with E-state index in [4.69, 9.17) is 12.2 Å². The normalized spacial score (nSPS) is 28.6. The number of nitrogens with one attached hydrogen (secondary N) is 1. The molecule has 0 aromatic heterocycles. The summed E-state index contributed by atoms with van der Waals surface area (Å²) in [5.41, 5.74) is 0. The SMILES string of the molecule is S=C(NC1CC1)N1CCCCC1CCN1CCCC1. The van der Waals surface area contributed by atoms with E-state index in [1.54, 1.807) is 0 Å². The van der Waals surface area contributed by atoms with E-state index in [9.17, 15) is 0 Å². The van der Waals surface area contributed by atoms with Crippen LogP contribution in [0.15, 0.2) is 0 Å². The van der Waals surface area contributed by atoms with Gasteiger partial charge >= 0.3 is 0 Å². The molecular formula is C15H27N3S. The molecule has 4 heteroatoms. The lowest BCUT2D eigenvalue weighted by atomic mass is 9.99. The lowest BCUT2D eigenvalue weighted by Gasteiger charge is -2.38. The van der Waals surface area contributed by atoms with Gasteiger partial charge < -0.3 is 15.1 Å². The van der Waals surface area contributed by atoms with Gasteiger partial charge in [-0.3, -0.25) is 0 Å². The summed E-state index contributed by atoms with van der Waals surface area (Å²) in [7, 11) is 0. The maximum absolute atomic E-state index is 5.62. The molecule has 2 heterocycles. The Morgan fingerprint density at radius 2 is 1.74 bits per heavy atom. The first-order chi connectivity index (χ1) is 9.33. The summed E-state index contributed by atoms with van der Waals surface area (Å²) in [6, 6.07) is 1.38. The number of thiocarbonyl (C=S) groups is 1. The summed E-state index contributed by atoms with van der Waals surface area (Å²) >= 11 is 5.62. The largest absolute Gasteiger partial charge is 0.360 e. The van der Waals surface area contributed by atoms with Crippen molar-refractivity contribution < 1.29 is 0 Å². The Bertz CT molecular complexity index is 311. The topological polar surface area (TPSA) is 18.5 Å². The Hall–Kier alpha value is -0.350. The average molecular weight is 281 g/mol. The maximum Gasteiger partial charge on any atom is 0.169 e. The zero-order chi connectivity index (χ0) is 13.1. The van der Waals surface area contributed by atoms with Crippen LogP contribution in [0.5, 0.6) is 0 Å². The zero-order valence-corrected chi connectivity index (χ0v) is 12.8. The highest BCUT2D eigenvalue weighted by atomic mass is 32.1. The molecule has 0 bridgehead atoms. The van der Waals surface area contributed by atoms with Crippen molar-refractivity contribution in [3.63, 3.8) is 0 Å². The van der Waals surface area contributed by atoms with Gasteiger partial charge in [0.05, 0.1) is 0 Å². The molecule has 3 fully saturated rings. The highest BCUT2D eigenvalue weighted by Gasteiger charge is 2.29. The molecule has 1 atom stereocenters. The molecule has 3 nitrogen and oxygen atoms in total. The molecule has 0 aromatic rings. The molecule has 1 N–H and O–H groups in total. The molecule has 2 saturated heterocycles. The second-order valence-electron chi connectivity index (χ2n) is 6.40. The van der Waals surface area contributed by atoms with Crippen molar-refractivity contribution in [3.05, 3.63) is 0 Å². The highest BCUT2D eigenvalue weighted by Crippen LogP contribution is 2.24. The quantitative estimate of drug-likeness (QED) is 0.797. The second kappa shape index (κ2) is 6.40. The van der Waals surface area contributed by atoms with Crippen molar-refractivity contribution >= 4 is 17.3 Å². The fourth-order valence-electron chi connectivity index (χ4n) is 3.39. The molecule has 0 spiro atoms. The van der Waals surface area contributed by atoms with Crippen LogP contribution in [0.2, 0.25) is 0 Å². The molecule has 1 unspecified atom stereocenters. The van der Waals surface area contributed by atoms with E-state index in [0.29, 0.717) is 12.1 Å². The molecule has 3 aliphatic rings. The van der Waals surface area contributed by atoms with Gasteiger partial charge in [-0.2, -0.15) is 0 Å².